The topological polar surface area (TPSA) is 75.5 Å². The summed E-state index contributed by atoms with van der Waals surface area (Å²) in [6, 6.07) is 7.82. The van der Waals surface area contributed by atoms with Gasteiger partial charge < -0.3 is 14.4 Å². The van der Waals surface area contributed by atoms with Crippen LogP contribution in [0.15, 0.2) is 24.3 Å². The first-order valence-electron chi connectivity index (χ1n) is 11.3. The van der Waals surface area contributed by atoms with E-state index < -0.39 is 0 Å². The Labute approximate surface area is 207 Å². The van der Waals surface area contributed by atoms with Crippen LogP contribution in [0, 0.1) is 5.41 Å². The van der Waals surface area contributed by atoms with Gasteiger partial charge >= 0.3 is 0 Å². The number of nitrogens with one attached hydrogen (secondary N) is 1. The number of carbonyl (C=O) groups is 1. The predicted molar refractivity (Wildman–Crippen MR) is 136 cm³/mol. The van der Waals surface area contributed by atoms with Gasteiger partial charge in [-0.25, -0.2) is 4.98 Å². The molecule has 1 aromatic heterocycles. The third-order valence-corrected chi connectivity index (χ3v) is 5.98. The molecule has 0 atom stereocenters. The van der Waals surface area contributed by atoms with E-state index in [1.54, 1.807) is 18.1 Å². The van der Waals surface area contributed by atoms with Gasteiger partial charge in [-0.1, -0.05) is 26.8 Å². The molecule has 0 spiro atoms. The minimum Gasteiger partial charge on any atom is -0.493 e. The smallest absolute Gasteiger partial charge is 0.182 e. The minimum atomic E-state index is -0.226. The Hall–Kier alpha value is -2.41. The third-order valence-electron chi connectivity index (χ3n) is 5.98. The molecule has 178 valence electrons. The summed E-state index contributed by atoms with van der Waals surface area (Å²) in [5, 5.41) is 8.61. The second-order valence-electron chi connectivity index (χ2n) is 10.1. The molecule has 2 aromatic rings. The molecule has 2 aliphatic rings. The minimum absolute atomic E-state index is 0. The molecule has 1 aromatic carbocycles. The van der Waals surface area contributed by atoms with Gasteiger partial charge in [-0.3, -0.25) is 10.2 Å². The Balaban J connectivity index is 0.00000306. The lowest BCUT2D eigenvalue weighted by atomic mass is 9.84. The zero-order valence-corrected chi connectivity index (χ0v) is 22.0. The van der Waals surface area contributed by atoms with Crippen LogP contribution in [-0.4, -0.2) is 41.3 Å². The van der Waals surface area contributed by atoms with E-state index in [0.29, 0.717) is 35.4 Å². The first kappa shape index (κ1) is 25.2. The number of hydrogen-bond acceptors (Lipinski definition) is 5. The number of methoxy groups -OCH3 is 1. The molecule has 0 amide bonds. The lowest BCUT2D eigenvalue weighted by molar-refractivity contribution is 0.0961. The number of ether oxygens (including phenoxy) is 2. The molecule has 1 N–H and O–H groups in total. The van der Waals surface area contributed by atoms with Crippen molar-refractivity contribution in [2.75, 3.05) is 13.7 Å². The van der Waals surface area contributed by atoms with Gasteiger partial charge in [0.1, 0.15) is 11.5 Å². The van der Waals surface area contributed by atoms with Crippen molar-refractivity contribution in [3.05, 3.63) is 52.3 Å². The highest BCUT2D eigenvalue weighted by Gasteiger charge is 2.32. The molecule has 7 heteroatoms. The number of pyridine rings is 1. The monoisotopic (exact) mass is 515 g/mol. The number of fused-ring (bicyclic) bond motifs is 1. The summed E-state index contributed by atoms with van der Waals surface area (Å²) in [6.45, 7) is 10.9. The summed E-state index contributed by atoms with van der Waals surface area (Å²) in [4.78, 5) is 19.9. The summed E-state index contributed by atoms with van der Waals surface area (Å²) in [7, 11) is 1.63. The van der Waals surface area contributed by atoms with Crippen molar-refractivity contribution < 1.29 is 14.3 Å². The van der Waals surface area contributed by atoms with Crippen molar-refractivity contribution in [2.24, 2.45) is 0 Å². The summed E-state index contributed by atoms with van der Waals surface area (Å²) < 4.78 is 11.7. The van der Waals surface area contributed by atoms with Crippen LogP contribution in [0.3, 0.4) is 0 Å². The van der Waals surface area contributed by atoms with Gasteiger partial charge in [0.05, 0.1) is 19.8 Å². The molecule has 1 fully saturated rings. The Morgan fingerprint density at radius 3 is 2.52 bits per heavy atom. The van der Waals surface area contributed by atoms with Crippen LogP contribution in [0.5, 0.6) is 11.5 Å². The number of nitrogens with zero attached hydrogens (tertiary/aromatic N) is 2. The summed E-state index contributed by atoms with van der Waals surface area (Å²) in [5.74, 6) is 2.07. The molecular weight excluding hydrogens is 482 g/mol. The average Bonchev–Trinajstić information content (AvgIpc) is 3.52. The summed E-state index contributed by atoms with van der Waals surface area (Å²) in [5.41, 5.74) is 4.08. The van der Waals surface area contributed by atoms with Crippen molar-refractivity contribution in [2.45, 2.75) is 71.4 Å². The van der Waals surface area contributed by atoms with Gasteiger partial charge in [0.15, 0.2) is 17.3 Å². The van der Waals surface area contributed by atoms with E-state index in [2.05, 4.69) is 32.9 Å². The molecule has 1 aliphatic carbocycles. The highest BCUT2D eigenvalue weighted by Crippen LogP contribution is 2.41. The largest absolute Gasteiger partial charge is 0.493 e. The quantitative estimate of drug-likeness (QED) is 0.481. The number of halogens is 1. The van der Waals surface area contributed by atoms with Crippen molar-refractivity contribution in [1.29, 1.82) is 5.41 Å². The van der Waals surface area contributed by atoms with Crippen molar-refractivity contribution in [1.82, 2.24) is 9.88 Å². The maximum absolute atomic E-state index is 13.3. The maximum atomic E-state index is 13.3. The Morgan fingerprint density at radius 1 is 1.24 bits per heavy atom. The van der Waals surface area contributed by atoms with E-state index >= 15 is 0 Å². The molecule has 0 bridgehead atoms. The first-order chi connectivity index (χ1) is 15.1. The molecular formula is C26H34BrN3O3. The molecule has 6 nitrogen and oxygen atoms in total. The molecule has 33 heavy (non-hydrogen) atoms. The van der Waals surface area contributed by atoms with Gasteiger partial charge in [-0.15, -0.1) is 17.0 Å². The fraction of sp³-hybridized carbons (Fsp3) is 0.500. The fourth-order valence-corrected chi connectivity index (χ4v) is 4.15. The van der Waals surface area contributed by atoms with E-state index in [-0.39, 0.29) is 40.8 Å². The van der Waals surface area contributed by atoms with Crippen LogP contribution in [0.25, 0.3) is 0 Å². The van der Waals surface area contributed by atoms with Crippen LogP contribution >= 0.6 is 17.0 Å². The lowest BCUT2D eigenvalue weighted by Gasteiger charge is -2.26. The van der Waals surface area contributed by atoms with Gasteiger partial charge in [-0.2, -0.15) is 0 Å². The zero-order chi connectivity index (χ0) is 23.2. The normalized spacial score (nSPS) is 15.4. The number of amidine groups is 1. The van der Waals surface area contributed by atoms with Crippen LogP contribution in [-0.2, 0) is 12.0 Å². The van der Waals surface area contributed by atoms with Crippen LogP contribution < -0.4 is 9.47 Å². The Morgan fingerprint density at radius 2 is 1.94 bits per heavy atom. The number of hydrogen-bond donors (Lipinski definition) is 1. The number of rotatable bonds is 7. The molecule has 4 rings (SSSR count). The highest BCUT2D eigenvalue weighted by molar-refractivity contribution is 8.93. The standard InChI is InChI=1S/C26H33N3O3.BrH/c1-15(2)32-22-12-18(11-19(24(22)31-6)26(3,4)5)21(30)14-29-13-17-9-10-20(16-7-8-16)28-23(17)25(29)27;/h9-12,15-16,27H,7-8,13-14H2,1-6H3;1H. The highest BCUT2D eigenvalue weighted by atomic mass is 79.9. The second-order valence-corrected chi connectivity index (χ2v) is 10.1. The average molecular weight is 516 g/mol. The number of Topliss-reactive ketones (excluding diaryl/α,β-unsaturated/α-hetero) is 1. The number of benzene rings is 1. The lowest BCUT2D eigenvalue weighted by Crippen LogP contribution is -2.30. The van der Waals surface area contributed by atoms with Gasteiger partial charge in [0.25, 0.3) is 0 Å². The fourth-order valence-electron chi connectivity index (χ4n) is 4.15. The SMILES string of the molecule is Br.COc1c(OC(C)C)cc(C(=O)CN2Cc3ccc(C4CC4)nc3C2=N)cc1C(C)(C)C. The maximum Gasteiger partial charge on any atom is 0.182 e. The van der Waals surface area contributed by atoms with E-state index in [4.69, 9.17) is 19.9 Å². The molecule has 1 saturated carbocycles. The van der Waals surface area contributed by atoms with Crippen LogP contribution in [0.1, 0.15) is 86.3 Å². The molecule has 0 unspecified atom stereocenters. The van der Waals surface area contributed by atoms with Crippen molar-refractivity contribution >= 4 is 28.6 Å². The summed E-state index contributed by atoms with van der Waals surface area (Å²) in [6.07, 6.45) is 2.31. The third kappa shape index (κ3) is 5.24. The Bertz CT molecular complexity index is 1070. The van der Waals surface area contributed by atoms with Gasteiger partial charge in [0, 0.05) is 34.8 Å². The molecule has 1 aliphatic heterocycles. The predicted octanol–water partition coefficient (Wildman–Crippen LogP) is 5.65. The first-order valence-corrected chi connectivity index (χ1v) is 11.3. The van der Waals surface area contributed by atoms with Gasteiger partial charge in [-0.05, 0) is 50.3 Å². The molecule has 0 radical (unpaired) electrons. The van der Waals surface area contributed by atoms with E-state index in [0.717, 1.165) is 22.5 Å². The zero-order valence-electron chi connectivity index (χ0n) is 20.3. The molecule has 0 saturated heterocycles. The van der Waals surface area contributed by atoms with E-state index in [1.807, 2.05) is 19.9 Å². The van der Waals surface area contributed by atoms with Crippen molar-refractivity contribution in [3.8, 4) is 11.5 Å². The Kier molecular flexibility index (Phi) is 7.22. The van der Waals surface area contributed by atoms with Crippen LogP contribution in [0.4, 0.5) is 0 Å². The number of ketones is 1. The molecule has 2 heterocycles. The van der Waals surface area contributed by atoms with Gasteiger partial charge in [0.2, 0.25) is 0 Å². The second kappa shape index (κ2) is 9.45. The van der Waals surface area contributed by atoms with E-state index in [9.17, 15) is 4.79 Å². The number of carbonyl (C=O) groups excluding carboxylic acids is 1. The number of aromatic nitrogens is 1. The summed E-state index contributed by atoms with van der Waals surface area (Å²) >= 11 is 0. The van der Waals surface area contributed by atoms with Crippen LogP contribution in [0.2, 0.25) is 0 Å². The van der Waals surface area contributed by atoms with Crippen molar-refractivity contribution in [3.63, 3.8) is 0 Å². The van der Waals surface area contributed by atoms with E-state index in [1.165, 1.54) is 12.8 Å².